The molecular weight excluding hydrogens is 396 g/mol. The second kappa shape index (κ2) is 9.73. The van der Waals surface area contributed by atoms with Crippen molar-refractivity contribution in [3.8, 4) is 5.75 Å². The normalized spacial score (nSPS) is 15.7. The van der Waals surface area contributed by atoms with Crippen molar-refractivity contribution in [2.75, 3.05) is 23.8 Å². The third-order valence-electron chi connectivity index (χ3n) is 6.09. The van der Waals surface area contributed by atoms with Crippen LogP contribution in [0.1, 0.15) is 30.9 Å². The summed E-state index contributed by atoms with van der Waals surface area (Å²) in [7, 11) is 2.04. The molecule has 0 saturated carbocycles. The summed E-state index contributed by atoms with van der Waals surface area (Å²) in [5, 5.41) is 3.46. The Bertz CT molecular complexity index is 1090. The number of hydrogen-bond acceptors (Lipinski definition) is 4. The lowest BCUT2D eigenvalue weighted by atomic mass is 9.74. The van der Waals surface area contributed by atoms with E-state index in [1.165, 1.54) is 11.1 Å². The summed E-state index contributed by atoms with van der Waals surface area (Å²) in [5.41, 5.74) is 4.53. The van der Waals surface area contributed by atoms with E-state index in [1.807, 2.05) is 31.3 Å². The third kappa shape index (κ3) is 4.70. The van der Waals surface area contributed by atoms with E-state index < -0.39 is 0 Å². The summed E-state index contributed by atoms with van der Waals surface area (Å²) in [4.78, 5) is 12.9. The van der Waals surface area contributed by atoms with Crippen molar-refractivity contribution in [3.63, 3.8) is 0 Å². The minimum Gasteiger partial charge on any atom is -0.439 e. The lowest BCUT2D eigenvalue weighted by Crippen LogP contribution is -2.27. The minimum absolute atomic E-state index is 0.169. The molecule has 4 nitrogen and oxygen atoms in total. The van der Waals surface area contributed by atoms with Crippen LogP contribution in [-0.4, -0.2) is 19.9 Å². The maximum Gasteiger partial charge on any atom is 0.196 e. The first kappa shape index (κ1) is 21.7. The van der Waals surface area contributed by atoms with E-state index in [9.17, 15) is 4.79 Å². The predicted octanol–water partition coefficient (Wildman–Crippen LogP) is 5.95. The maximum atomic E-state index is 10.8. The molecular formula is C28H30N2O2. The smallest absolute Gasteiger partial charge is 0.196 e. The Hall–Kier alpha value is -3.53. The van der Waals surface area contributed by atoms with E-state index >= 15 is 0 Å². The molecule has 0 fully saturated rings. The molecule has 3 aromatic carbocycles. The van der Waals surface area contributed by atoms with Crippen molar-refractivity contribution in [2.24, 2.45) is 0 Å². The minimum atomic E-state index is -0.169. The van der Waals surface area contributed by atoms with Gasteiger partial charge in [-0.2, -0.15) is 0 Å². The number of carbonyl (C=O) groups excluding carboxylic acids is 1. The lowest BCUT2D eigenvalue weighted by molar-refractivity contribution is -0.107. The number of nitrogens with one attached hydrogen (secondary N) is 1. The highest BCUT2D eigenvalue weighted by molar-refractivity contribution is 5.65. The second-order valence-corrected chi connectivity index (χ2v) is 8.53. The van der Waals surface area contributed by atoms with Gasteiger partial charge in [-0.15, -0.1) is 0 Å². The monoisotopic (exact) mass is 426 g/mol. The van der Waals surface area contributed by atoms with Gasteiger partial charge in [0.1, 0.15) is 6.29 Å². The van der Waals surface area contributed by atoms with Gasteiger partial charge in [0.25, 0.3) is 0 Å². The van der Waals surface area contributed by atoms with Crippen molar-refractivity contribution >= 4 is 17.7 Å². The molecule has 1 unspecified atom stereocenters. The fourth-order valence-corrected chi connectivity index (χ4v) is 4.36. The van der Waals surface area contributed by atoms with Crippen molar-refractivity contribution in [1.29, 1.82) is 0 Å². The van der Waals surface area contributed by atoms with Crippen LogP contribution >= 0.6 is 0 Å². The van der Waals surface area contributed by atoms with E-state index in [-0.39, 0.29) is 5.41 Å². The summed E-state index contributed by atoms with van der Waals surface area (Å²) in [6.07, 6.45) is 5.34. The van der Waals surface area contributed by atoms with Gasteiger partial charge < -0.3 is 19.7 Å². The molecule has 0 bridgehead atoms. The first-order valence-corrected chi connectivity index (χ1v) is 11.1. The Morgan fingerprint density at radius 3 is 2.47 bits per heavy atom. The molecule has 1 aliphatic heterocycles. The topological polar surface area (TPSA) is 41.6 Å². The fraction of sp³-hybridized carbons (Fsp3) is 0.250. The number of para-hydroxylation sites is 3. The number of fused-ring (bicyclic) bond motifs is 1. The largest absolute Gasteiger partial charge is 0.439 e. The number of benzene rings is 3. The van der Waals surface area contributed by atoms with Gasteiger partial charge in [-0.05, 0) is 48.2 Å². The number of hydrogen-bond donors (Lipinski definition) is 1. The van der Waals surface area contributed by atoms with E-state index in [4.69, 9.17) is 4.74 Å². The molecule has 0 spiro atoms. The molecule has 0 aromatic heterocycles. The zero-order chi connectivity index (χ0) is 22.4. The number of ether oxygens (including phenoxy) is 1. The summed E-state index contributed by atoms with van der Waals surface area (Å²) in [5.74, 6) is 1.75. The summed E-state index contributed by atoms with van der Waals surface area (Å²) >= 11 is 0. The highest BCUT2D eigenvalue weighted by Gasteiger charge is 2.30. The number of aldehydes is 1. The fourth-order valence-electron chi connectivity index (χ4n) is 4.36. The van der Waals surface area contributed by atoms with E-state index in [2.05, 4.69) is 77.8 Å². The van der Waals surface area contributed by atoms with Crippen LogP contribution < -0.4 is 15.0 Å². The Balaban J connectivity index is 1.66. The van der Waals surface area contributed by atoms with E-state index in [0.29, 0.717) is 13.0 Å². The molecule has 3 aromatic rings. The molecule has 0 saturated heterocycles. The molecule has 1 atom stereocenters. The Kier molecular flexibility index (Phi) is 6.60. The van der Waals surface area contributed by atoms with Crippen LogP contribution in [0.5, 0.6) is 5.75 Å². The predicted molar refractivity (Wildman–Crippen MR) is 131 cm³/mol. The van der Waals surface area contributed by atoms with Gasteiger partial charge in [-0.1, -0.05) is 67.6 Å². The summed E-state index contributed by atoms with van der Waals surface area (Å²) in [6.45, 7) is 2.93. The quantitative estimate of drug-likeness (QED) is 0.339. The second-order valence-electron chi connectivity index (χ2n) is 8.53. The maximum absolute atomic E-state index is 10.8. The average molecular weight is 427 g/mol. The highest BCUT2D eigenvalue weighted by Crippen LogP contribution is 2.40. The van der Waals surface area contributed by atoms with Crippen LogP contribution in [0, 0.1) is 0 Å². The summed E-state index contributed by atoms with van der Waals surface area (Å²) < 4.78 is 6.14. The number of rotatable bonds is 9. The number of anilines is 2. The van der Waals surface area contributed by atoms with Gasteiger partial charge in [0.15, 0.2) is 11.6 Å². The zero-order valence-electron chi connectivity index (χ0n) is 18.8. The summed E-state index contributed by atoms with van der Waals surface area (Å²) in [6, 6.07) is 27.1. The molecule has 1 N–H and O–H groups in total. The zero-order valence-corrected chi connectivity index (χ0v) is 18.8. The van der Waals surface area contributed by atoms with Gasteiger partial charge in [0, 0.05) is 31.1 Å². The molecule has 0 aliphatic carbocycles. The molecule has 32 heavy (non-hydrogen) atoms. The molecule has 0 radical (unpaired) electrons. The van der Waals surface area contributed by atoms with E-state index in [1.54, 1.807) is 0 Å². The Labute approximate surface area is 190 Å². The number of allylic oxidation sites excluding steroid dienone is 1. The van der Waals surface area contributed by atoms with Crippen LogP contribution in [0.2, 0.25) is 0 Å². The van der Waals surface area contributed by atoms with Gasteiger partial charge in [-0.25, -0.2) is 0 Å². The van der Waals surface area contributed by atoms with Crippen LogP contribution in [-0.2, 0) is 16.6 Å². The van der Waals surface area contributed by atoms with Crippen molar-refractivity contribution in [1.82, 2.24) is 0 Å². The van der Waals surface area contributed by atoms with Crippen molar-refractivity contribution in [2.45, 2.75) is 31.6 Å². The molecule has 1 heterocycles. The Morgan fingerprint density at radius 2 is 1.69 bits per heavy atom. The molecule has 4 rings (SSSR count). The van der Waals surface area contributed by atoms with Gasteiger partial charge >= 0.3 is 0 Å². The Morgan fingerprint density at radius 1 is 0.969 bits per heavy atom. The van der Waals surface area contributed by atoms with Crippen molar-refractivity contribution < 1.29 is 9.53 Å². The lowest BCUT2D eigenvalue weighted by Gasteiger charge is -2.32. The first-order chi connectivity index (χ1) is 15.6. The molecule has 4 heteroatoms. The van der Waals surface area contributed by atoms with Gasteiger partial charge in [0.05, 0.1) is 5.69 Å². The van der Waals surface area contributed by atoms with Crippen LogP contribution in [0.4, 0.5) is 11.4 Å². The first-order valence-electron chi connectivity index (χ1n) is 11.1. The van der Waals surface area contributed by atoms with Crippen molar-refractivity contribution in [3.05, 3.63) is 102 Å². The van der Waals surface area contributed by atoms with E-state index in [0.717, 1.165) is 42.1 Å². The van der Waals surface area contributed by atoms with Gasteiger partial charge in [-0.3, -0.25) is 0 Å². The number of carbonyl (C=O) groups is 1. The molecule has 1 aliphatic rings. The highest BCUT2D eigenvalue weighted by atomic mass is 16.5. The van der Waals surface area contributed by atoms with Crippen LogP contribution in [0.15, 0.2) is 90.8 Å². The third-order valence-corrected chi connectivity index (χ3v) is 6.09. The average Bonchev–Trinajstić information content (AvgIpc) is 3.15. The van der Waals surface area contributed by atoms with Crippen LogP contribution in [0.25, 0.3) is 0 Å². The SMILES string of the molecule is CN1/C(=C/CC(C)(Cc2ccccc2)c2ccccc2NCCC=O)Oc2ccccc21. The van der Waals surface area contributed by atoms with Gasteiger partial charge in [0.2, 0.25) is 0 Å². The standard InChI is InChI=1S/C28H30N2O2/c1-28(21-22-11-4-3-5-12-22,23-13-6-7-14-24(23)29-19-10-20-31)18-17-27-30(2)25-15-8-9-16-26(25)32-27/h3-9,11-17,20,29H,10,18-19,21H2,1-2H3/b27-17-. The molecule has 0 amide bonds. The molecule has 164 valence electrons. The number of nitrogens with zero attached hydrogens (tertiary/aromatic N) is 1. The van der Waals surface area contributed by atoms with Crippen LogP contribution in [0.3, 0.4) is 0 Å².